The lowest BCUT2D eigenvalue weighted by Gasteiger charge is -2.40. The van der Waals surface area contributed by atoms with E-state index in [4.69, 9.17) is 9.16 Å². The molecule has 1 fully saturated rings. The Bertz CT molecular complexity index is 724. The van der Waals surface area contributed by atoms with Gasteiger partial charge in [0.05, 0.1) is 6.10 Å². The quantitative estimate of drug-likeness (QED) is 0.780. The molecule has 1 saturated heterocycles. The van der Waals surface area contributed by atoms with Crippen LogP contribution in [-0.2, 0) is 9.16 Å². The Kier molecular flexibility index (Phi) is 5.44. The van der Waals surface area contributed by atoms with Gasteiger partial charge in [-0.2, -0.15) is 0 Å². The molecular weight excluding hydrogens is 347 g/mol. The van der Waals surface area contributed by atoms with Gasteiger partial charge >= 0.3 is 5.69 Å². The molecule has 5 atom stereocenters. The first-order chi connectivity index (χ1) is 11.3. The van der Waals surface area contributed by atoms with Gasteiger partial charge in [-0.1, -0.05) is 20.8 Å². The van der Waals surface area contributed by atoms with Gasteiger partial charge in [-0.15, -0.1) is 0 Å². The van der Waals surface area contributed by atoms with Crippen LogP contribution in [0.15, 0.2) is 21.9 Å². The minimum atomic E-state index is -2.33. The summed E-state index contributed by atoms with van der Waals surface area (Å²) >= 11 is 0. The summed E-state index contributed by atoms with van der Waals surface area (Å²) in [6.07, 6.45) is -4.61. The number of alkyl halides is 1. The fourth-order valence-corrected chi connectivity index (χ4v) is 3.84. The van der Waals surface area contributed by atoms with Crippen LogP contribution in [0.1, 0.15) is 33.9 Å². The summed E-state index contributed by atoms with van der Waals surface area (Å²) in [7, 11) is -2.33. The van der Waals surface area contributed by atoms with E-state index in [0.29, 0.717) is 0 Å². The van der Waals surface area contributed by atoms with Gasteiger partial charge in [-0.05, 0) is 25.1 Å². The third-order valence-electron chi connectivity index (χ3n) is 5.04. The highest BCUT2D eigenvalue weighted by Gasteiger charge is 2.52. The molecule has 0 aliphatic carbocycles. The molecule has 142 valence electrons. The van der Waals surface area contributed by atoms with Crippen LogP contribution >= 0.6 is 0 Å². The number of H-pyrrole nitrogens is 1. The highest BCUT2D eigenvalue weighted by atomic mass is 28.4. The average Bonchev–Trinajstić information content (AvgIpc) is 2.75. The summed E-state index contributed by atoms with van der Waals surface area (Å²) in [5, 5.41) is 9.87. The predicted octanol–water partition coefficient (Wildman–Crippen LogP) is 1.54. The average molecular weight is 374 g/mol. The summed E-state index contributed by atoms with van der Waals surface area (Å²) in [5.74, 6) is 0. The Balaban J connectivity index is 2.37. The Morgan fingerprint density at radius 3 is 2.48 bits per heavy atom. The monoisotopic (exact) mass is 374 g/mol. The molecular formula is C16H27FN2O5Si. The minimum absolute atomic E-state index is 0.150. The molecule has 2 heterocycles. The summed E-state index contributed by atoms with van der Waals surface area (Å²) in [4.78, 5) is 25.3. The van der Waals surface area contributed by atoms with Crippen molar-refractivity contribution >= 4 is 8.32 Å². The van der Waals surface area contributed by atoms with Gasteiger partial charge < -0.3 is 14.3 Å². The number of nitrogens with zero attached hydrogens (tertiary/aromatic N) is 1. The first kappa shape index (κ1) is 20.0. The second-order valence-electron chi connectivity index (χ2n) is 8.04. The topological polar surface area (TPSA) is 93.5 Å². The number of ether oxygens (including phenoxy) is 1. The molecule has 2 rings (SSSR count). The summed E-state index contributed by atoms with van der Waals surface area (Å²) in [6.45, 7) is 11.6. The van der Waals surface area contributed by atoms with E-state index in [1.807, 2.05) is 33.9 Å². The molecule has 0 aromatic carbocycles. The molecule has 1 aliphatic rings. The molecule has 0 bridgehead atoms. The van der Waals surface area contributed by atoms with Gasteiger partial charge in [-0.3, -0.25) is 14.3 Å². The van der Waals surface area contributed by atoms with E-state index >= 15 is 4.39 Å². The zero-order chi connectivity index (χ0) is 19.2. The van der Waals surface area contributed by atoms with Crippen LogP contribution in [0, 0.1) is 0 Å². The number of aliphatic hydroxyl groups is 1. The maximum absolute atomic E-state index is 15.2. The molecule has 2 unspecified atom stereocenters. The standard InChI is InChI=1S/C16H27FN2O5Si/c1-9(20)12-13(24-25(5,6)16(2,3)4)11(17)14(23-12)19-8-7-10(21)18-15(19)22/h7-9,11-14,20H,1-6H3,(H,18,21,22)/t9-,11?,12+,13?,14+/m0/s1. The fraction of sp³-hybridized carbons (Fsp3) is 0.750. The van der Waals surface area contributed by atoms with Crippen molar-refractivity contribution < 1.29 is 18.7 Å². The fourth-order valence-electron chi connectivity index (χ4n) is 2.54. The van der Waals surface area contributed by atoms with E-state index < -0.39 is 50.3 Å². The molecule has 25 heavy (non-hydrogen) atoms. The lowest BCUT2D eigenvalue weighted by Crippen LogP contribution is -2.50. The number of aromatic nitrogens is 2. The number of hydrogen-bond donors (Lipinski definition) is 2. The summed E-state index contributed by atoms with van der Waals surface area (Å²) in [6, 6.07) is 1.12. The molecule has 0 spiro atoms. The van der Waals surface area contributed by atoms with Gasteiger partial charge in [0.1, 0.15) is 12.2 Å². The molecule has 9 heteroatoms. The maximum atomic E-state index is 15.2. The lowest BCUT2D eigenvalue weighted by molar-refractivity contribution is -0.0768. The van der Waals surface area contributed by atoms with Gasteiger partial charge in [0.15, 0.2) is 20.7 Å². The van der Waals surface area contributed by atoms with Crippen molar-refractivity contribution in [2.24, 2.45) is 0 Å². The van der Waals surface area contributed by atoms with Crippen LogP contribution in [0.25, 0.3) is 0 Å². The molecule has 1 aromatic heterocycles. The van der Waals surface area contributed by atoms with Gasteiger partial charge in [0.25, 0.3) is 5.56 Å². The summed E-state index contributed by atoms with van der Waals surface area (Å²) < 4.78 is 27.9. The first-order valence-electron chi connectivity index (χ1n) is 8.32. The largest absolute Gasteiger partial charge is 0.408 e. The smallest absolute Gasteiger partial charge is 0.330 e. The Morgan fingerprint density at radius 1 is 1.40 bits per heavy atom. The van der Waals surface area contributed by atoms with E-state index in [1.165, 1.54) is 13.1 Å². The number of nitrogens with one attached hydrogen (secondary N) is 1. The van der Waals surface area contributed by atoms with Gasteiger partial charge in [0, 0.05) is 12.3 Å². The number of halogens is 1. The zero-order valence-corrected chi connectivity index (χ0v) is 16.4. The first-order valence-corrected chi connectivity index (χ1v) is 11.2. The Labute approximate surface area is 146 Å². The third-order valence-corrected chi connectivity index (χ3v) is 9.52. The molecule has 0 saturated carbocycles. The van der Waals surface area contributed by atoms with E-state index in [9.17, 15) is 14.7 Å². The number of hydrogen-bond acceptors (Lipinski definition) is 5. The molecule has 1 aliphatic heterocycles. The Hall–Kier alpha value is -1.29. The Morgan fingerprint density at radius 2 is 2.00 bits per heavy atom. The van der Waals surface area contributed by atoms with E-state index in [0.717, 1.165) is 10.6 Å². The van der Waals surface area contributed by atoms with Crippen LogP contribution in [0.3, 0.4) is 0 Å². The van der Waals surface area contributed by atoms with Crippen LogP contribution in [0.4, 0.5) is 4.39 Å². The van der Waals surface area contributed by atoms with E-state index in [1.54, 1.807) is 0 Å². The third kappa shape index (κ3) is 3.94. The zero-order valence-electron chi connectivity index (χ0n) is 15.4. The van der Waals surface area contributed by atoms with Crippen molar-refractivity contribution in [3.63, 3.8) is 0 Å². The maximum Gasteiger partial charge on any atom is 0.330 e. The molecule has 2 N–H and O–H groups in total. The predicted molar refractivity (Wildman–Crippen MR) is 93.9 cm³/mol. The normalized spacial score (nSPS) is 29.0. The van der Waals surface area contributed by atoms with Crippen LogP contribution in [-0.4, -0.2) is 47.5 Å². The molecule has 0 radical (unpaired) electrons. The molecule has 0 amide bonds. The van der Waals surface area contributed by atoms with Crippen molar-refractivity contribution in [2.75, 3.05) is 0 Å². The summed E-state index contributed by atoms with van der Waals surface area (Å²) in [5.41, 5.74) is -1.34. The van der Waals surface area contributed by atoms with Crippen molar-refractivity contribution in [2.45, 2.75) is 76.5 Å². The highest BCUT2D eigenvalue weighted by molar-refractivity contribution is 6.74. The van der Waals surface area contributed by atoms with Crippen LogP contribution < -0.4 is 11.2 Å². The number of aromatic amines is 1. The van der Waals surface area contributed by atoms with E-state index in [2.05, 4.69) is 4.98 Å². The molecule has 7 nitrogen and oxygen atoms in total. The van der Waals surface area contributed by atoms with Crippen molar-refractivity contribution in [1.82, 2.24) is 9.55 Å². The van der Waals surface area contributed by atoms with E-state index in [-0.39, 0.29) is 5.04 Å². The number of aliphatic hydroxyl groups excluding tert-OH is 1. The minimum Gasteiger partial charge on any atom is -0.408 e. The van der Waals surface area contributed by atoms with Crippen molar-refractivity contribution in [1.29, 1.82) is 0 Å². The number of rotatable bonds is 4. The van der Waals surface area contributed by atoms with Crippen molar-refractivity contribution in [3.05, 3.63) is 33.1 Å². The van der Waals surface area contributed by atoms with Crippen LogP contribution in [0.5, 0.6) is 0 Å². The highest BCUT2D eigenvalue weighted by Crippen LogP contribution is 2.42. The SMILES string of the molecule is C[C@H](O)[C@H]1O[C@@H](n2ccc(=O)[nH]c2=O)C(F)C1O[Si](C)(C)C(C)(C)C. The lowest BCUT2D eigenvalue weighted by atomic mass is 10.1. The second-order valence-corrected chi connectivity index (χ2v) is 12.8. The van der Waals surface area contributed by atoms with Gasteiger partial charge in [0.2, 0.25) is 0 Å². The second kappa shape index (κ2) is 6.79. The molecule has 1 aromatic rings. The van der Waals surface area contributed by atoms with Crippen molar-refractivity contribution in [3.8, 4) is 0 Å². The van der Waals surface area contributed by atoms with Crippen LogP contribution in [0.2, 0.25) is 18.1 Å². The van der Waals surface area contributed by atoms with Gasteiger partial charge in [-0.25, -0.2) is 9.18 Å².